The quantitative estimate of drug-likeness (QED) is 0.613. The molecule has 4 rings (SSSR count). The molecule has 3 aromatic rings. The molecular weight excluding hydrogens is 404 g/mol. The third-order valence-electron chi connectivity index (χ3n) is 5.13. The van der Waals surface area contributed by atoms with E-state index in [1.807, 2.05) is 18.7 Å². The van der Waals surface area contributed by atoms with Crippen LogP contribution in [-0.2, 0) is 4.74 Å². The summed E-state index contributed by atoms with van der Waals surface area (Å²) in [5.41, 5.74) is 4.15. The van der Waals surface area contributed by atoms with E-state index < -0.39 is 0 Å². The van der Waals surface area contributed by atoms with E-state index in [0.717, 1.165) is 58.9 Å². The smallest absolute Gasteiger partial charge is 0.272 e. The third-order valence-corrected chi connectivity index (χ3v) is 7.42. The van der Waals surface area contributed by atoms with Gasteiger partial charge in [-0.3, -0.25) is 14.6 Å². The Morgan fingerprint density at radius 3 is 2.59 bits per heavy atom. The number of anilines is 1. The SMILES string of the molecule is Cc1cc(C)c2sc(N(CCN3CCOCC3)C(=O)c3sc(C)nc3C)nc2c1. The highest BCUT2D eigenvalue weighted by Crippen LogP contribution is 2.33. The molecule has 1 amide bonds. The maximum Gasteiger partial charge on any atom is 0.272 e. The summed E-state index contributed by atoms with van der Waals surface area (Å²) in [6.45, 7) is 12.7. The predicted octanol–water partition coefficient (Wildman–Crippen LogP) is 3.97. The van der Waals surface area contributed by atoms with E-state index in [0.29, 0.717) is 11.4 Å². The van der Waals surface area contributed by atoms with Crippen molar-refractivity contribution >= 4 is 43.9 Å². The molecule has 0 spiro atoms. The van der Waals surface area contributed by atoms with Crippen LogP contribution in [0.15, 0.2) is 12.1 Å². The molecule has 0 saturated carbocycles. The second-order valence-electron chi connectivity index (χ2n) is 7.48. The summed E-state index contributed by atoms with van der Waals surface area (Å²) in [7, 11) is 0. The topological polar surface area (TPSA) is 58.6 Å². The minimum atomic E-state index is -0.00482. The highest BCUT2D eigenvalue weighted by molar-refractivity contribution is 7.22. The lowest BCUT2D eigenvalue weighted by molar-refractivity contribution is 0.0391. The Hall–Kier alpha value is -1.87. The van der Waals surface area contributed by atoms with Crippen LogP contribution in [0.4, 0.5) is 5.13 Å². The van der Waals surface area contributed by atoms with Crippen LogP contribution in [0.3, 0.4) is 0 Å². The normalized spacial score (nSPS) is 15.2. The number of ether oxygens (including phenoxy) is 1. The van der Waals surface area contributed by atoms with Crippen molar-refractivity contribution in [2.45, 2.75) is 27.7 Å². The first-order valence-corrected chi connectivity index (χ1v) is 11.5. The summed E-state index contributed by atoms with van der Waals surface area (Å²) in [5.74, 6) is -0.00482. The summed E-state index contributed by atoms with van der Waals surface area (Å²) >= 11 is 3.06. The zero-order valence-corrected chi connectivity index (χ0v) is 19.0. The second kappa shape index (κ2) is 8.47. The molecule has 1 aromatic carbocycles. The number of carbonyl (C=O) groups is 1. The Kier molecular flexibility index (Phi) is 5.96. The van der Waals surface area contributed by atoms with Crippen LogP contribution in [0, 0.1) is 27.7 Å². The monoisotopic (exact) mass is 430 g/mol. The Bertz CT molecular complexity index is 1040. The molecule has 0 aliphatic carbocycles. The van der Waals surface area contributed by atoms with E-state index in [4.69, 9.17) is 9.72 Å². The third kappa shape index (κ3) is 4.35. The first kappa shape index (κ1) is 20.4. The van der Waals surface area contributed by atoms with Gasteiger partial charge in [-0.1, -0.05) is 17.4 Å². The zero-order valence-electron chi connectivity index (χ0n) is 17.3. The number of nitrogens with zero attached hydrogens (tertiary/aromatic N) is 4. The fraction of sp³-hybridized carbons (Fsp3) is 0.476. The molecule has 0 atom stereocenters. The molecule has 6 nitrogen and oxygen atoms in total. The Morgan fingerprint density at radius 2 is 1.90 bits per heavy atom. The van der Waals surface area contributed by atoms with E-state index in [9.17, 15) is 4.79 Å². The van der Waals surface area contributed by atoms with E-state index in [1.54, 1.807) is 11.3 Å². The maximum atomic E-state index is 13.5. The van der Waals surface area contributed by atoms with Gasteiger partial charge >= 0.3 is 0 Å². The molecule has 1 fully saturated rings. The predicted molar refractivity (Wildman–Crippen MR) is 120 cm³/mol. The van der Waals surface area contributed by atoms with Crippen molar-refractivity contribution in [1.29, 1.82) is 0 Å². The minimum absolute atomic E-state index is 0.00482. The molecule has 29 heavy (non-hydrogen) atoms. The van der Waals surface area contributed by atoms with Crippen LogP contribution in [0.2, 0.25) is 0 Å². The number of hydrogen-bond acceptors (Lipinski definition) is 7. The molecule has 1 saturated heterocycles. The van der Waals surface area contributed by atoms with Gasteiger partial charge in [0.1, 0.15) is 4.88 Å². The van der Waals surface area contributed by atoms with Crippen molar-refractivity contribution in [2.24, 2.45) is 0 Å². The lowest BCUT2D eigenvalue weighted by Crippen LogP contribution is -2.43. The molecule has 154 valence electrons. The van der Waals surface area contributed by atoms with Crippen LogP contribution in [0.1, 0.15) is 31.5 Å². The Balaban J connectivity index is 1.68. The van der Waals surface area contributed by atoms with Gasteiger partial charge in [-0.25, -0.2) is 9.97 Å². The highest BCUT2D eigenvalue weighted by atomic mass is 32.1. The molecule has 3 heterocycles. The minimum Gasteiger partial charge on any atom is -0.379 e. The van der Waals surface area contributed by atoms with Gasteiger partial charge in [0.05, 0.1) is 34.1 Å². The number of rotatable bonds is 5. The molecular formula is C21H26N4O2S2. The van der Waals surface area contributed by atoms with Gasteiger partial charge in [0.15, 0.2) is 5.13 Å². The summed E-state index contributed by atoms with van der Waals surface area (Å²) in [5, 5.41) is 1.67. The summed E-state index contributed by atoms with van der Waals surface area (Å²) in [6, 6.07) is 4.26. The van der Waals surface area contributed by atoms with Gasteiger partial charge in [0.2, 0.25) is 0 Å². The van der Waals surface area contributed by atoms with Crippen LogP contribution in [-0.4, -0.2) is 60.2 Å². The van der Waals surface area contributed by atoms with Crippen molar-refractivity contribution in [2.75, 3.05) is 44.3 Å². The molecule has 0 radical (unpaired) electrons. The van der Waals surface area contributed by atoms with Crippen molar-refractivity contribution in [3.05, 3.63) is 38.8 Å². The van der Waals surface area contributed by atoms with Gasteiger partial charge in [-0.15, -0.1) is 11.3 Å². The number of thiazole rings is 2. The van der Waals surface area contributed by atoms with Crippen LogP contribution < -0.4 is 4.90 Å². The maximum absolute atomic E-state index is 13.5. The largest absolute Gasteiger partial charge is 0.379 e. The molecule has 1 aliphatic rings. The summed E-state index contributed by atoms with van der Waals surface area (Å²) < 4.78 is 6.60. The van der Waals surface area contributed by atoms with E-state index in [-0.39, 0.29) is 5.91 Å². The van der Waals surface area contributed by atoms with Crippen molar-refractivity contribution in [1.82, 2.24) is 14.9 Å². The number of benzene rings is 1. The first-order chi connectivity index (χ1) is 13.9. The number of hydrogen-bond donors (Lipinski definition) is 0. The van der Waals surface area contributed by atoms with E-state index in [1.165, 1.54) is 22.5 Å². The number of amides is 1. The molecule has 0 bridgehead atoms. The molecule has 2 aromatic heterocycles. The fourth-order valence-corrected chi connectivity index (χ4v) is 5.59. The van der Waals surface area contributed by atoms with Gasteiger partial charge in [-0.05, 0) is 44.9 Å². The highest BCUT2D eigenvalue weighted by Gasteiger charge is 2.26. The van der Waals surface area contributed by atoms with Crippen LogP contribution in [0.25, 0.3) is 10.2 Å². The lowest BCUT2D eigenvalue weighted by atomic mass is 10.1. The van der Waals surface area contributed by atoms with Crippen molar-refractivity contribution in [3.8, 4) is 0 Å². The van der Waals surface area contributed by atoms with Crippen LogP contribution in [0.5, 0.6) is 0 Å². The van der Waals surface area contributed by atoms with E-state index in [2.05, 4.69) is 35.9 Å². The Labute approximate surface area is 179 Å². The summed E-state index contributed by atoms with van der Waals surface area (Å²) in [6.07, 6.45) is 0. The van der Waals surface area contributed by atoms with Gasteiger partial charge in [0, 0.05) is 26.2 Å². The average molecular weight is 431 g/mol. The van der Waals surface area contributed by atoms with Gasteiger partial charge in [0.25, 0.3) is 5.91 Å². The fourth-order valence-electron chi connectivity index (χ4n) is 3.68. The molecule has 0 N–H and O–H groups in total. The number of aryl methyl sites for hydroxylation is 4. The number of carbonyl (C=O) groups excluding carboxylic acids is 1. The number of aromatic nitrogens is 2. The zero-order chi connectivity index (χ0) is 20.5. The molecule has 1 aliphatic heterocycles. The second-order valence-corrected chi connectivity index (χ2v) is 9.67. The van der Waals surface area contributed by atoms with Crippen molar-refractivity contribution in [3.63, 3.8) is 0 Å². The Morgan fingerprint density at radius 1 is 1.14 bits per heavy atom. The average Bonchev–Trinajstić information content (AvgIpc) is 3.25. The summed E-state index contributed by atoms with van der Waals surface area (Å²) in [4.78, 5) is 27.7. The number of morpholine rings is 1. The first-order valence-electron chi connectivity index (χ1n) is 9.86. The lowest BCUT2D eigenvalue weighted by Gasteiger charge is -2.29. The van der Waals surface area contributed by atoms with Gasteiger partial charge < -0.3 is 4.74 Å². The van der Waals surface area contributed by atoms with Crippen molar-refractivity contribution < 1.29 is 9.53 Å². The van der Waals surface area contributed by atoms with Gasteiger partial charge in [-0.2, -0.15) is 0 Å². The van der Waals surface area contributed by atoms with Crippen LogP contribution >= 0.6 is 22.7 Å². The van der Waals surface area contributed by atoms with E-state index >= 15 is 0 Å². The number of fused-ring (bicyclic) bond motifs is 1. The standard InChI is InChI=1S/C21H26N4O2S2/c1-13-11-14(2)18-17(12-13)23-21(29-18)25(6-5-24-7-9-27-10-8-24)20(26)19-15(3)22-16(4)28-19/h11-12H,5-10H2,1-4H3. The molecule has 8 heteroatoms. The molecule has 0 unspecified atom stereocenters.